The van der Waals surface area contributed by atoms with Crippen molar-refractivity contribution in [3.05, 3.63) is 143 Å². The number of piperidine rings is 1. The number of nitrogens with one attached hydrogen (secondary N) is 9. The van der Waals surface area contributed by atoms with Gasteiger partial charge in [-0.05, 0) is 85.3 Å². The minimum atomic E-state index is -1.55. The molecular formula is C56H61N11O14. The molecule has 0 bridgehead atoms. The van der Waals surface area contributed by atoms with Crippen molar-refractivity contribution in [1.82, 2.24) is 52.3 Å². The van der Waals surface area contributed by atoms with Crippen LogP contribution in [0, 0.1) is 0 Å². The van der Waals surface area contributed by atoms with Crippen molar-refractivity contribution >= 4 is 76.9 Å². The molecule has 81 heavy (non-hydrogen) atoms. The zero-order valence-corrected chi connectivity index (χ0v) is 44.5. The molecule has 0 aromatic heterocycles. The first-order valence-corrected chi connectivity index (χ1v) is 25.7. The summed E-state index contributed by atoms with van der Waals surface area (Å²) in [5.41, 5.74) is 3.89. The van der Waals surface area contributed by atoms with Crippen molar-refractivity contribution in [2.24, 2.45) is 0 Å². The molecule has 1 unspecified atom stereocenters. The highest BCUT2D eigenvalue weighted by atomic mass is 16.6. The molecule has 3 aliphatic rings. The number of carbonyl (C=O) groups excluding carboxylic acids is 12. The minimum absolute atomic E-state index is 0.0343. The molecule has 7 rings (SSSR count). The van der Waals surface area contributed by atoms with Gasteiger partial charge in [0.2, 0.25) is 41.4 Å². The molecular weight excluding hydrogens is 1050 g/mol. The van der Waals surface area contributed by atoms with Gasteiger partial charge in [-0.15, -0.1) is 0 Å². The first-order valence-electron chi connectivity index (χ1n) is 25.7. The monoisotopic (exact) mass is 1110 g/mol. The third kappa shape index (κ3) is 17.3. The van der Waals surface area contributed by atoms with Crippen LogP contribution in [-0.2, 0) is 80.5 Å². The van der Waals surface area contributed by atoms with E-state index in [2.05, 4.69) is 47.9 Å². The molecule has 3 atom stereocenters. The van der Waals surface area contributed by atoms with Crippen LogP contribution >= 0.6 is 0 Å². The third-order valence-electron chi connectivity index (χ3n) is 12.6. The first kappa shape index (κ1) is 58.7. The van der Waals surface area contributed by atoms with E-state index in [1.807, 2.05) is 18.2 Å². The quantitative estimate of drug-likeness (QED) is 0.0466. The van der Waals surface area contributed by atoms with Crippen molar-refractivity contribution in [2.75, 3.05) is 31.5 Å². The van der Waals surface area contributed by atoms with Gasteiger partial charge in [-0.1, -0.05) is 66.7 Å². The molecule has 4 aromatic rings. The van der Waals surface area contributed by atoms with Crippen LogP contribution in [0.5, 0.6) is 5.75 Å². The van der Waals surface area contributed by atoms with E-state index in [9.17, 15) is 57.5 Å². The zero-order chi connectivity index (χ0) is 58.2. The lowest BCUT2D eigenvalue weighted by molar-refractivity contribution is -0.145. The normalized spacial score (nSPS) is 15.3. The van der Waals surface area contributed by atoms with Gasteiger partial charge in [0, 0.05) is 55.9 Å². The van der Waals surface area contributed by atoms with Crippen LogP contribution in [0.1, 0.15) is 71.8 Å². The van der Waals surface area contributed by atoms with Gasteiger partial charge in [0.25, 0.3) is 17.7 Å². The lowest BCUT2D eigenvalue weighted by Crippen LogP contribution is -2.56. The number of ether oxygens (including phenoxy) is 2. The SMILES string of the molecule is CC(C)(C)OC(=O)NC[C@H](C(=O)NCC(=O)NCC(=O)N[C@@H](Cc1ccccc1)C(=O)NCC(=O)NCc1ccc(COc2ccc(NC(=O)NCc3ccc4c(c3)CN(C3CCC(=O)NC3=O)C4=O)cc2)cc1)N1C(=O)C=CC1=O. The third-order valence-corrected chi connectivity index (χ3v) is 12.6. The fourth-order valence-corrected chi connectivity index (χ4v) is 8.55. The topological polar surface area (TPSA) is 338 Å². The molecule has 1 fully saturated rings. The van der Waals surface area contributed by atoms with Gasteiger partial charge in [0.15, 0.2) is 0 Å². The number of nitrogens with zero attached hydrogens (tertiary/aromatic N) is 2. The molecule has 424 valence electrons. The number of rotatable bonds is 23. The number of carbonyl (C=O) groups is 12. The lowest BCUT2D eigenvalue weighted by Gasteiger charge is -2.29. The summed E-state index contributed by atoms with van der Waals surface area (Å²) in [7, 11) is 0. The molecule has 9 N–H and O–H groups in total. The summed E-state index contributed by atoms with van der Waals surface area (Å²) in [6.45, 7) is 3.36. The van der Waals surface area contributed by atoms with Gasteiger partial charge in [-0.2, -0.15) is 0 Å². The Hall–Kier alpha value is -9.94. The van der Waals surface area contributed by atoms with E-state index in [4.69, 9.17) is 9.47 Å². The van der Waals surface area contributed by atoms with Crippen LogP contribution in [0.25, 0.3) is 0 Å². The summed E-state index contributed by atoms with van der Waals surface area (Å²) < 4.78 is 11.1. The molecule has 3 aliphatic heterocycles. The van der Waals surface area contributed by atoms with Gasteiger partial charge in [0.1, 0.15) is 36.1 Å². The standard InChI is InChI=1S/C56H61N11O14/c1-56(2,3)81-55(79)62-27-43(67-48(72)21-22-49(67)73)51(75)60-29-46(70)58-30-47(71)64-41(24-33-7-5-4-6-8-33)50(74)59-28-45(69)57-25-34-9-11-35(12-10-34)32-80-39-16-14-38(15-17-39)63-54(78)61-26-36-13-18-40-37(23-36)31-66(53(40)77)42-19-20-44(68)65-52(42)76/h4-18,21-23,41-43H,19-20,24-32H2,1-3H3,(H,57,69)(H,58,70)(H,59,74)(H,60,75)(H,62,79)(H,64,71)(H2,61,63,78)(H,65,68,76)/t41-,42?,43+/m0/s1. The number of anilines is 1. The molecule has 0 spiro atoms. The number of amides is 13. The predicted octanol–water partition coefficient (Wildman–Crippen LogP) is 0.859. The Morgan fingerprint density at radius 3 is 1.98 bits per heavy atom. The number of alkyl carbamates (subject to hydrolysis) is 1. The van der Waals surface area contributed by atoms with Crippen molar-refractivity contribution < 1.29 is 67.0 Å². The van der Waals surface area contributed by atoms with Gasteiger partial charge in [0.05, 0.1) is 26.2 Å². The maximum absolute atomic E-state index is 13.4. The van der Waals surface area contributed by atoms with E-state index in [1.165, 1.54) is 4.90 Å². The van der Waals surface area contributed by atoms with Gasteiger partial charge >= 0.3 is 12.1 Å². The van der Waals surface area contributed by atoms with Gasteiger partial charge in [-0.3, -0.25) is 58.2 Å². The van der Waals surface area contributed by atoms with Gasteiger partial charge in [-0.25, -0.2) is 9.59 Å². The molecule has 1 saturated heterocycles. The second-order valence-corrected chi connectivity index (χ2v) is 19.9. The number of hydrogen-bond acceptors (Lipinski definition) is 14. The van der Waals surface area contributed by atoms with E-state index in [0.717, 1.165) is 34.4 Å². The number of fused-ring (bicyclic) bond motifs is 1. The van der Waals surface area contributed by atoms with E-state index in [1.54, 1.807) is 99.6 Å². The summed E-state index contributed by atoms with van der Waals surface area (Å²) >= 11 is 0. The molecule has 4 aromatic carbocycles. The van der Waals surface area contributed by atoms with Crippen LogP contribution < -0.4 is 52.6 Å². The number of hydrogen-bond donors (Lipinski definition) is 9. The molecule has 0 saturated carbocycles. The molecule has 13 amide bonds. The zero-order valence-electron chi connectivity index (χ0n) is 44.5. The summed E-state index contributed by atoms with van der Waals surface area (Å²) in [4.78, 5) is 154. The van der Waals surface area contributed by atoms with Crippen LogP contribution in [-0.4, -0.2) is 131 Å². The predicted molar refractivity (Wildman–Crippen MR) is 288 cm³/mol. The van der Waals surface area contributed by atoms with Crippen LogP contribution in [0.4, 0.5) is 15.3 Å². The van der Waals surface area contributed by atoms with E-state index in [-0.39, 0.29) is 57.3 Å². The van der Waals surface area contributed by atoms with Crippen LogP contribution in [0.2, 0.25) is 0 Å². The second kappa shape index (κ2) is 27.1. The fourth-order valence-electron chi connectivity index (χ4n) is 8.55. The summed E-state index contributed by atoms with van der Waals surface area (Å²) in [5.74, 6) is -5.95. The Balaban J connectivity index is 0.795. The second-order valence-electron chi connectivity index (χ2n) is 19.9. The van der Waals surface area contributed by atoms with Crippen molar-refractivity contribution in [2.45, 2.75) is 90.0 Å². The van der Waals surface area contributed by atoms with Crippen molar-refractivity contribution in [3.8, 4) is 5.75 Å². The molecule has 0 radical (unpaired) electrons. The number of imide groups is 2. The van der Waals surface area contributed by atoms with Crippen molar-refractivity contribution in [3.63, 3.8) is 0 Å². The highest BCUT2D eigenvalue weighted by molar-refractivity contribution is 6.15. The van der Waals surface area contributed by atoms with Crippen LogP contribution in [0.15, 0.2) is 109 Å². The first-order chi connectivity index (χ1) is 38.7. The molecule has 3 heterocycles. The van der Waals surface area contributed by atoms with Crippen molar-refractivity contribution in [1.29, 1.82) is 0 Å². The minimum Gasteiger partial charge on any atom is -0.489 e. The Labute approximate surface area is 464 Å². The highest BCUT2D eigenvalue weighted by Crippen LogP contribution is 2.28. The average molecular weight is 1110 g/mol. The maximum Gasteiger partial charge on any atom is 0.407 e. The Morgan fingerprint density at radius 1 is 0.667 bits per heavy atom. The fraction of sp³-hybridized carbons (Fsp3) is 0.321. The summed E-state index contributed by atoms with van der Waals surface area (Å²) in [6.07, 6.45) is 1.46. The number of benzene rings is 4. The van der Waals surface area contributed by atoms with E-state index >= 15 is 0 Å². The van der Waals surface area contributed by atoms with Gasteiger partial charge < -0.3 is 56.9 Å². The maximum atomic E-state index is 13.4. The highest BCUT2D eigenvalue weighted by Gasteiger charge is 2.40. The summed E-state index contributed by atoms with van der Waals surface area (Å²) in [6, 6.07) is 24.1. The molecule has 25 nitrogen and oxygen atoms in total. The molecule has 0 aliphatic carbocycles. The van der Waals surface area contributed by atoms with Crippen LogP contribution in [0.3, 0.4) is 0 Å². The lowest BCUT2D eigenvalue weighted by atomic mass is 10.0. The molecule has 25 heteroatoms. The average Bonchev–Trinajstić information content (AvgIpc) is 3.99. The number of urea groups is 1. The largest absolute Gasteiger partial charge is 0.489 e. The van der Waals surface area contributed by atoms with E-state index in [0.29, 0.717) is 27.5 Å². The van der Waals surface area contributed by atoms with E-state index < -0.39 is 109 Å². The summed E-state index contributed by atoms with van der Waals surface area (Å²) in [5, 5.41) is 22.7. The Bertz CT molecular complexity index is 3090. The Morgan fingerprint density at radius 2 is 1.30 bits per heavy atom. The Kier molecular flexibility index (Phi) is 19.6. The smallest absolute Gasteiger partial charge is 0.407 e.